The van der Waals surface area contributed by atoms with Gasteiger partial charge in [-0.1, -0.05) is 72.8 Å². The molecule has 0 aliphatic heterocycles. The molecule has 0 saturated heterocycles. The van der Waals surface area contributed by atoms with Crippen LogP contribution in [0.15, 0.2) is 108 Å². The third-order valence-corrected chi connectivity index (χ3v) is 4.90. The number of anilines is 1. The van der Waals surface area contributed by atoms with E-state index in [2.05, 4.69) is 35.3 Å². The van der Waals surface area contributed by atoms with Crippen LogP contribution in [-0.2, 0) is 0 Å². The Kier molecular flexibility index (Phi) is 6.61. The van der Waals surface area contributed by atoms with Gasteiger partial charge in [-0.3, -0.25) is 0 Å². The SMILES string of the molecule is C(=Cc1ccccc1-c1nc2ccccc2o1)c1ccccc1.Nc1ccc(C(=O)O)cc1. The van der Waals surface area contributed by atoms with Gasteiger partial charge in [0.2, 0.25) is 5.89 Å². The summed E-state index contributed by atoms with van der Waals surface area (Å²) in [6, 6.07) is 32.3. The molecule has 0 bridgehead atoms. The lowest BCUT2D eigenvalue weighted by atomic mass is 10.1. The second-order valence-electron chi connectivity index (χ2n) is 7.25. The maximum atomic E-state index is 10.3. The molecule has 33 heavy (non-hydrogen) atoms. The minimum atomic E-state index is -0.931. The van der Waals surface area contributed by atoms with Gasteiger partial charge in [-0.2, -0.15) is 0 Å². The van der Waals surface area contributed by atoms with E-state index in [9.17, 15) is 4.79 Å². The summed E-state index contributed by atoms with van der Waals surface area (Å²) in [5.74, 6) is -0.278. The van der Waals surface area contributed by atoms with Crippen LogP contribution in [-0.4, -0.2) is 16.1 Å². The van der Waals surface area contributed by atoms with Crippen LogP contribution < -0.4 is 5.73 Å². The number of oxazole rings is 1. The maximum Gasteiger partial charge on any atom is 0.335 e. The molecular formula is C28H22N2O3. The number of hydrogen-bond acceptors (Lipinski definition) is 4. The molecule has 162 valence electrons. The number of hydrogen-bond donors (Lipinski definition) is 2. The quantitative estimate of drug-likeness (QED) is 0.245. The number of aromatic nitrogens is 1. The molecule has 5 rings (SSSR count). The number of nitrogens with two attached hydrogens (primary N) is 1. The molecule has 0 spiro atoms. The number of rotatable bonds is 4. The van der Waals surface area contributed by atoms with Crippen molar-refractivity contribution in [1.82, 2.24) is 4.98 Å². The fourth-order valence-corrected chi connectivity index (χ4v) is 3.20. The lowest BCUT2D eigenvalue weighted by Crippen LogP contribution is -1.95. The number of para-hydroxylation sites is 2. The first-order valence-corrected chi connectivity index (χ1v) is 10.4. The highest BCUT2D eigenvalue weighted by atomic mass is 16.4. The first-order valence-electron chi connectivity index (χ1n) is 10.4. The summed E-state index contributed by atoms with van der Waals surface area (Å²) >= 11 is 0. The van der Waals surface area contributed by atoms with E-state index in [1.807, 2.05) is 60.7 Å². The Morgan fingerprint density at radius 2 is 1.45 bits per heavy atom. The van der Waals surface area contributed by atoms with Crippen molar-refractivity contribution in [3.05, 3.63) is 120 Å². The molecule has 0 aliphatic rings. The summed E-state index contributed by atoms with van der Waals surface area (Å²) in [7, 11) is 0. The van der Waals surface area contributed by atoms with E-state index in [1.54, 1.807) is 12.1 Å². The van der Waals surface area contributed by atoms with Crippen LogP contribution in [0.4, 0.5) is 5.69 Å². The second-order valence-corrected chi connectivity index (χ2v) is 7.25. The number of fused-ring (bicyclic) bond motifs is 1. The van der Waals surface area contributed by atoms with E-state index >= 15 is 0 Å². The van der Waals surface area contributed by atoms with E-state index in [-0.39, 0.29) is 5.56 Å². The predicted molar refractivity (Wildman–Crippen MR) is 133 cm³/mol. The third kappa shape index (κ3) is 5.54. The zero-order valence-electron chi connectivity index (χ0n) is 17.8. The lowest BCUT2D eigenvalue weighted by Gasteiger charge is -2.01. The van der Waals surface area contributed by atoms with E-state index in [0.717, 1.165) is 22.2 Å². The number of carboxylic acid groups (broad SMARTS) is 1. The van der Waals surface area contributed by atoms with Crippen molar-refractivity contribution in [2.24, 2.45) is 0 Å². The molecule has 0 aliphatic carbocycles. The summed E-state index contributed by atoms with van der Waals surface area (Å²) < 4.78 is 5.90. The summed E-state index contributed by atoms with van der Waals surface area (Å²) in [6.45, 7) is 0. The summed E-state index contributed by atoms with van der Waals surface area (Å²) in [4.78, 5) is 14.9. The maximum absolute atomic E-state index is 10.3. The molecule has 0 unspecified atom stereocenters. The number of nitrogens with zero attached hydrogens (tertiary/aromatic N) is 1. The number of carbonyl (C=O) groups is 1. The third-order valence-electron chi connectivity index (χ3n) is 4.90. The van der Waals surface area contributed by atoms with E-state index in [0.29, 0.717) is 11.6 Å². The molecule has 1 heterocycles. The van der Waals surface area contributed by atoms with E-state index in [1.165, 1.54) is 17.7 Å². The fraction of sp³-hybridized carbons (Fsp3) is 0. The largest absolute Gasteiger partial charge is 0.478 e. The normalized spacial score (nSPS) is 10.7. The highest BCUT2D eigenvalue weighted by Crippen LogP contribution is 2.28. The van der Waals surface area contributed by atoms with Gasteiger partial charge in [-0.05, 0) is 53.6 Å². The van der Waals surface area contributed by atoms with Gasteiger partial charge < -0.3 is 15.3 Å². The van der Waals surface area contributed by atoms with Gasteiger partial charge in [0.1, 0.15) is 5.52 Å². The van der Waals surface area contributed by atoms with Crippen LogP contribution >= 0.6 is 0 Å². The van der Waals surface area contributed by atoms with Gasteiger partial charge in [0.25, 0.3) is 0 Å². The van der Waals surface area contributed by atoms with Crippen molar-refractivity contribution < 1.29 is 14.3 Å². The van der Waals surface area contributed by atoms with Gasteiger partial charge in [0.15, 0.2) is 5.58 Å². The van der Waals surface area contributed by atoms with Gasteiger partial charge in [-0.25, -0.2) is 9.78 Å². The van der Waals surface area contributed by atoms with Crippen molar-refractivity contribution in [2.75, 3.05) is 5.73 Å². The van der Waals surface area contributed by atoms with Crippen LogP contribution in [0, 0.1) is 0 Å². The number of nitrogen functional groups attached to an aromatic ring is 1. The Labute approximate surface area is 191 Å². The fourth-order valence-electron chi connectivity index (χ4n) is 3.20. The molecular weight excluding hydrogens is 412 g/mol. The van der Waals surface area contributed by atoms with Gasteiger partial charge in [0, 0.05) is 11.3 Å². The zero-order chi connectivity index (χ0) is 23.0. The van der Waals surface area contributed by atoms with Gasteiger partial charge in [0.05, 0.1) is 5.56 Å². The Hall–Kier alpha value is -4.64. The summed E-state index contributed by atoms with van der Waals surface area (Å²) in [6.07, 6.45) is 4.20. The number of benzene rings is 4. The molecule has 3 N–H and O–H groups in total. The second kappa shape index (κ2) is 10.1. The molecule has 5 heteroatoms. The van der Waals surface area contributed by atoms with Crippen molar-refractivity contribution >= 4 is 34.9 Å². The van der Waals surface area contributed by atoms with Crippen molar-refractivity contribution in [3.8, 4) is 11.5 Å². The van der Waals surface area contributed by atoms with Gasteiger partial charge >= 0.3 is 5.97 Å². The first-order chi connectivity index (χ1) is 16.1. The van der Waals surface area contributed by atoms with Crippen LogP contribution in [0.3, 0.4) is 0 Å². The first kappa shape index (κ1) is 21.6. The zero-order valence-corrected chi connectivity index (χ0v) is 17.8. The smallest absolute Gasteiger partial charge is 0.335 e. The molecule has 0 fully saturated rings. The monoisotopic (exact) mass is 434 g/mol. The average molecular weight is 434 g/mol. The standard InChI is InChI=1S/C21H15NO.C7H7NO2/c1-2-8-16(9-3-1)14-15-17-10-4-5-11-18(17)21-22-19-12-6-7-13-20(19)23-21;8-6-3-1-5(2-4-6)7(9)10/h1-15H;1-4H,8H2,(H,9,10). The average Bonchev–Trinajstić information content (AvgIpc) is 3.28. The van der Waals surface area contributed by atoms with Crippen LogP contribution in [0.25, 0.3) is 34.7 Å². The minimum Gasteiger partial charge on any atom is -0.478 e. The van der Waals surface area contributed by atoms with E-state index in [4.69, 9.17) is 15.3 Å². The molecule has 0 atom stereocenters. The Bertz CT molecular complexity index is 1350. The topological polar surface area (TPSA) is 89.4 Å². The minimum absolute atomic E-state index is 0.259. The van der Waals surface area contributed by atoms with Crippen LogP contribution in [0.1, 0.15) is 21.5 Å². The molecule has 4 aromatic carbocycles. The molecule has 5 nitrogen and oxygen atoms in total. The van der Waals surface area contributed by atoms with Crippen molar-refractivity contribution in [1.29, 1.82) is 0 Å². The molecule has 1 aromatic heterocycles. The number of carboxylic acids is 1. The molecule has 0 amide bonds. The van der Waals surface area contributed by atoms with Gasteiger partial charge in [-0.15, -0.1) is 0 Å². The summed E-state index contributed by atoms with van der Waals surface area (Å²) in [5, 5.41) is 8.43. The van der Waals surface area contributed by atoms with Crippen molar-refractivity contribution in [3.63, 3.8) is 0 Å². The van der Waals surface area contributed by atoms with Crippen LogP contribution in [0.2, 0.25) is 0 Å². The lowest BCUT2D eigenvalue weighted by molar-refractivity contribution is 0.0697. The molecule has 0 radical (unpaired) electrons. The number of aromatic carboxylic acids is 1. The molecule has 0 saturated carbocycles. The Balaban J connectivity index is 0.000000219. The molecule has 5 aromatic rings. The Morgan fingerprint density at radius 3 is 2.18 bits per heavy atom. The highest BCUT2D eigenvalue weighted by Gasteiger charge is 2.10. The van der Waals surface area contributed by atoms with Crippen molar-refractivity contribution in [2.45, 2.75) is 0 Å². The van der Waals surface area contributed by atoms with E-state index < -0.39 is 5.97 Å². The summed E-state index contributed by atoms with van der Waals surface area (Å²) in [5.41, 5.74) is 11.1. The predicted octanol–water partition coefficient (Wildman–Crippen LogP) is 6.63. The van der Waals surface area contributed by atoms with Crippen LogP contribution in [0.5, 0.6) is 0 Å². The highest BCUT2D eigenvalue weighted by molar-refractivity contribution is 5.88. The Morgan fingerprint density at radius 1 is 0.788 bits per heavy atom.